The molecule has 1 aromatic rings. The van der Waals surface area contributed by atoms with Crippen molar-refractivity contribution in [3.05, 3.63) is 22.9 Å². The highest BCUT2D eigenvalue weighted by atomic mass is 32.2. The molecule has 0 saturated carbocycles. The van der Waals surface area contributed by atoms with Gasteiger partial charge in [0, 0.05) is 16.7 Å². The van der Waals surface area contributed by atoms with E-state index in [1.165, 1.54) is 6.07 Å². The summed E-state index contributed by atoms with van der Waals surface area (Å²) in [5.41, 5.74) is -0.550. The van der Waals surface area contributed by atoms with Crippen LogP contribution < -0.4 is 0 Å². The van der Waals surface area contributed by atoms with Crippen LogP contribution in [0.25, 0.3) is 0 Å². The molecule has 7 heteroatoms. The van der Waals surface area contributed by atoms with Gasteiger partial charge in [0.15, 0.2) is 0 Å². The summed E-state index contributed by atoms with van der Waals surface area (Å²) in [6.45, 7) is 9.05. The van der Waals surface area contributed by atoms with E-state index in [1.54, 1.807) is 19.9 Å². The van der Waals surface area contributed by atoms with E-state index in [2.05, 4.69) is 4.98 Å². The molecule has 0 aliphatic rings. The van der Waals surface area contributed by atoms with Crippen LogP contribution in [0.3, 0.4) is 0 Å². The number of thioether (sulfide) groups is 1. The molecule has 1 atom stereocenters. The van der Waals surface area contributed by atoms with E-state index in [4.69, 9.17) is 4.74 Å². The molecule has 0 amide bonds. The van der Waals surface area contributed by atoms with Crippen molar-refractivity contribution in [2.75, 3.05) is 6.61 Å². The monoisotopic (exact) mass is 342 g/mol. The van der Waals surface area contributed by atoms with Gasteiger partial charge in [0.1, 0.15) is 16.3 Å². The van der Waals surface area contributed by atoms with Crippen LogP contribution >= 0.6 is 11.8 Å². The first-order valence-corrected chi connectivity index (χ1v) is 8.06. The summed E-state index contributed by atoms with van der Waals surface area (Å²) in [4.78, 5) is 16.1. The Morgan fingerprint density at radius 3 is 2.52 bits per heavy atom. The van der Waals surface area contributed by atoms with Gasteiger partial charge in [0.05, 0.1) is 12.2 Å². The second-order valence-electron chi connectivity index (χ2n) is 5.95. The fraction of sp³-hybridized carbons (Fsp3) is 0.562. The lowest BCUT2D eigenvalue weighted by atomic mass is 9.90. The largest absolute Gasteiger partial charge is 0.465 e. The summed E-state index contributed by atoms with van der Waals surface area (Å²) in [5, 5.41) is 8.74. The number of carbonyl (C=O) groups excluding carboxylic acids is 1. The minimum atomic E-state index is -2.79. The number of rotatable bonds is 5. The molecule has 0 N–H and O–H groups in total. The van der Waals surface area contributed by atoms with Gasteiger partial charge in [0.25, 0.3) is 6.43 Å². The number of ether oxygens (including phenoxy) is 1. The van der Waals surface area contributed by atoms with Gasteiger partial charge in [0.2, 0.25) is 0 Å². The predicted molar refractivity (Wildman–Crippen MR) is 84.6 cm³/mol. The number of esters is 1. The minimum Gasteiger partial charge on any atom is -0.465 e. The van der Waals surface area contributed by atoms with Crippen molar-refractivity contribution in [3.63, 3.8) is 0 Å². The number of alkyl halides is 2. The average Bonchev–Trinajstić information content (AvgIpc) is 2.45. The molecular formula is C16H20F2N2O2S. The third-order valence-electron chi connectivity index (χ3n) is 3.04. The van der Waals surface area contributed by atoms with Crippen LogP contribution in [0.4, 0.5) is 8.78 Å². The first kappa shape index (κ1) is 19.4. The Balaban J connectivity index is 3.36. The number of nitriles is 1. The van der Waals surface area contributed by atoms with E-state index in [-0.39, 0.29) is 22.8 Å². The molecule has 1 heterocycles. The predicted octanol–water partition coefficient (Wildman–Crippen LogP) is 4.23. The highest BCUT2D eigenvalue weighted by Gasteiger charge is 2.27. The molecule has 0 spiro atoms. The fourth-order valence-electron chi connectivity index (χ4n) is 1.77. The highest BCUT2D eigenvalue weighted by Crippen LogP contribution is 2.35. The van der Waals surface area contributed by atoms with Crippen LogP contribution in [-0.2, 0) is 14.9 Å². The SMILES string of the molecule is CCOC(=O)C(C)Sc1nc(C(C)(C)C)cc(C(F)F)c1C#N. The Morgan fingerprint density at radius 1 is 1.48 bits per heavy atom. The molecule has 1 aromatic heterocycles. The lowest BCUT2D eigenvalue weighted by Crippen LogP contribution is -2.19. The van der Waals surface area contributed by atoms with Crippen molar-refractivity contribution in [2.24, 2.45) is 0 Å². The maximum absolute atomic E-state index is 13.3. The first-order chi connectivity index (χ1) is 10.6. The van der Waals surface area contributed by atoms with Gasteiger partial charge in [-0.15, -0.1) is 0 Å². The summed E-state index contributed by atoms with van der Waals surface area (Å²) < 4.78 is 31.5. The number of hydrogen-bond acceptors (Lipinski definition) is 5. The Hall–Kier alpha value is -1.68. The van der Waals surface area contributed by atoms with Crippen LogP contribution in [-0.4, -0.2) is 22.8 Å². The lowest BCUT2D eigenvalue weighted by Gasteiger charge is -2.21. The molecule has 0 aromatic carbocycles. The van der Waals surface area contributed by atoms with Crippen molar-refractivity contribution in [3.8, 4) is 6.07 Å². The van der Waals surface area contributed by atoms with Crippen LogP contribution in [0.15, 0.2) is 11.1 Å². The van der Waals surface area contributed by atoms with Crippen molar-refractivity contribution < 1.29 is 18.3 Å². The van der Waals surface area contributed by atoms with Gasteiger partial charge in [-0.3, -0.25) is 4.79 Å². The Bertz CT molecular complexity index is 622. The summed E-state index contributed by atoms with van der Waals surface area (Å²) in [5.74, 6) is -0.469. The number of hydrogen-bond donors (Lipinski definition) is 0. The number of pyridine rings is 1. The zero-order chi connectivity index (χ0) is 17.8. The fourth-order valence-corrected chi connectivity index (χ4v) is 2.70. The Morgan fingerprint density at radius 2 is 2.09 bits per heavy atom. The molecule has 1 rings (SSSR count). The van der Waals surface area contributed by atoms with E-state index in [0.29, 0.717) is 5.69 Å². The molecule has 0 radical (unpaired) electrons. The van der Waals surface area contributed by atoms with Gasteiger partial charge >= 0.3 is 5.97 Å². The van der Waals surface area contributed by atoms with Crippen molar-refractivity contribution in [1.82, 2.24) is 4.98 Å². The molecular weight excluding hydrogens is 322 g/mol. The first-order valence-electron chi connectivity index (χ1n) is 7.18. The summed E-state index contributed by atoms with van der Waals surface area (Å²) in [6.07, 6.45) is -2.79. The molecule has 0 saturated heterocycles. The summed E-state index contributed by atoms with van der Waals surface area (Å²) in [6, 6.07) is 3.05. The normalized spacial score (nSPS) is 12.8. The lowest BCUT2D eigenvalue weighted by molar-refractivity contribution is -0.142. The highest BCUT2D eigenvalue weighted by molar-refractivity contribution is 8.00. The second kappa shape index (κ2) is 7.73. The van der Waals surface area contributed by atoms with Gasteiger partial charge in [-0.25, -0.2) is 13.8 Å². The third-order valence-corrected chi connectivity index (χ3v) is 4.10. The third kappa shape index (κ3) is 4.90. The van der Waals surface area contributed by atoms with Crippen molar-refractivity contribution >= 4 is 17.7 Å². The van der Waals surface area contributed by atoms with Crippen LogP contribution in [0.5, 0.6) is 0 Å². The summed E-state index contributed by atoms with van der Waals surface area (Å²) in [7, 11) is 0. The van der Waals surface area contributed by atoms with E-state index in [9.17, 15) is 18.8 Å². The van der Waals surface area contributed by atoms with Crippen molar-refractivity contribution in [2.45, 2.75) is 56.7 Å². The zero-order valence-corrected chi connectivity index (χ0v) is 14.6. The van der Waals surface area contributed by atoms with E-state index in [1.807, 2.05) is 20.8 Å². The number of aromatic nitrogens is 1. The summed E-state index contributed by atoms with van der Waals surface area (Å²) >= 11 is 0.963. The molecule has 1 unspecified atom stereocenters. The number of halogens is 2. The molecule has 0 aliphatic heterocycles. The standard InChI is InChI=1S/C16H20F2N2O2S/c1-6-22-15(21)9(2)23-14-11(8-19)10(13(17)18)7-12(20-14)16(3,4)5/h7,9,13H,6H2,1-5H3. The molecule has 126 valence electrons. The minimum absolute atomic E-state index is 0.135. The van der Waals surface area contributed by atoms with E-state index in [0.717, 1.165) is 11.8 Å². The number of nitrogens with zero attached hydrogens (tertiary/aromatic N) is 2. The maximum Gasteiger partial charge on any atom is 0.319 e. The van der Waals surface area contributed by atoms with Crippen molar-refractivity contribution in [1.29, 1.82) is 5.26 Å². The maximum atomic E-state index is 13.3. The van der Waals surface area contributed by atoms with Gasteiger partial charge in [-0.1, -0.05) is 32.5 Å². The molecule has 23 heavy (non-hydrogen) atoms. The Labute approximate surface area is 139 Å². The second-order valence-corrected chi connectivity index (χ2v) is 7.28. The molecule has 4 nitrogen and oxygen atoms in total. The van der Waals surface area contributed by atoms with Gasteiger partial charge < -0.3 is 4.74 Å². The quantitative estimate of drug-likeness (QED) is 0.592. The molecule has 0 aliphatic carbocycles. The number of carbonyl (C=O) groups is 1. The Kier molecular flexibility index (Phi) is 6.51. The van der Waals surface area contributed by atoms with Gasteiger partial charge in [-0.2, -0.15) is 5.26 Å². The smallest absolute Gasteiger partial charge is 0.319 e. The average molecular weight is 342 g/mol. The van der Waals surface area contributed by atoms with Gasteiger partial charge in [-0.05, 0) is 19.9 Å². The molecule has 0 fully saturated rings. The van der Waals surface area contributed by atoms with Crippen LogP contribution in [0.2, 0.25) is 0 Å². The van der Waals surface area contributed by atoms with E-state index >= 15 is 0 Å². The van der Waals surface area contributed by atoms with E-state index < -0.39 is 23.1 Å². The zero-order valence-electron chi connectivity index (χ0n) is 13.8. The van der Waals surface area contributed by atoms with Crippen LogP contribution in [0.1, 0.15) is 57.9 Å². The molecule has 0 bridgehead atoms. The topological polar surface area (TPSA) is 63.0 Å². The van der Waals surface area contributed by atoms with Crippen LogP contribution in [0, 0.1) is 11.3 Å².